The van der Waals surface area contributed by atoms with E-state index in [0.29, 0.717) is 5.75 Å². The third-order valence-corrected chi connectivity index (χ3v) is 7.91. The highest BCUT2D eigenvalue weighted by Gasteiger charge is 2.50. The maximum absolute atomic E-state index is 12.3. The molecule has 2 heterocycles. The molecule has 0 unspecified atom stereocenters. The van der Waals surface area contributed by atoms with Gasteiger partial charge in [0, 0.05) is 42.3 Å². The summed E-state index contributed by atoms with van der Waals surface area (Å²) < 4.78 is 34.5. The molecule has 1 N–H and O–H groups in total. The molecule has 0 saturated heterocycles. The lowest BCUT2D eigenvalue weighted by atomic mass is 9.83. The third-order valence-electron chi connectivity index (χ3n) is 6.24. The number of aromatic nitrogens is 2. The third kappa shape index (κ3) is 4.43. The molecular formula is C24H25ClN4O3S. The summed E-state index contributed by atoms with van der Waals surface area (Å²) in [5.41, 5.74) is 4.70. The molecule has 2 aliphatic rings. The summed E-state index contributed by atoms with van der Waals surface area (Å²) >= 11 is 6.10. The Morgan fingerprint density at radius 1 is 1.18 bits per heavy atom. The minimum absolute atomic E-state index is 0.0578. The lowest BCUT2D eigenvalue weighted by Gasteiger charge is -2.25. The van der Waals surface area contributed by atoms with Gasteiger partial charge in [0.1, 0.15) is 17.3 Å². The molecule has 3 aromatic rings. The van der Waals surface area contributed by atoms with Crippen LogP contribution in [0.3, 0.4) is 0 Å². The minimum atomic E-state index is -3.60. The molecular weight excluding hydrogens is 460 g/mol. The lowest BCUT2D eigenvalue weighted by molar-refractivity contribution is 0.322. The molecule has 0 bridgehead atoms. The van der Waals surface area contributed by atoms with Gasteiger partial charge < -0.3 is 4.74 Å². The van der Waals surface area contributed by atoms with Gasteiger partial charge in [0.2, 0.25) is 10.0 Å². The summed E-state index contributed by atoms with van der Waals surface area (Å²) in [5.74, 6) is 0.704. The number of halogens is 1. The van der Waals surface area contributed by atoms with E-state index in [1.54, 1.807) is 7.05 Å². The molecule has 1 fully saturated rings. The smallest absolute Gasteiger partial charge is 0.243 e. The Hall–Kier alpha value is -2.68. The van der Waals surface area contributed by atoms with E-state index in [2.05, 4.69) is 28.0 Å². The van der Waals surface area contributed by atoms with Crippen molar-refractivity contribution in [3.05, 3.63) is 76.6 Å². The highest BCUT2D eigenvalue weighted by atomic mass is 35.5. The van der Waals surface area contributed by atoms with Crippen LogP contribution in [0, 0.1) is 0 Å². The molecule has 0 radical (unpaired) electrons. The van der Waals surface area contributed by atoms with Crippen molar-refractivity contribution >= 4 is 27.3 Å². The predicted molar refractivity (Wildman–Crippen MR) is 128 cm³/mol. The van der Waals surface area contributed by atoms with E-state index in [9.17, 15) is 8.42 Å². The summed E-state index contributed by atoms with van der Waals surface area (Å²) in [5, 5.41) is 4.64. The van der Waals surface area contributed by atoms with Crippen LogP contribution in [-0.2, 0) is 28.9 Å². The molecule has 1 aliphatic heterocycles. The van der Waals surface area contributed by atoms with Crippen LogP contribution in [0.4, 0.5) is 0 Å². The minimum Gasteiger partial charge on any atom is -0.492 e. The quantitative estimate of drug-likeness (QED) is 0.496. The van der Waals surface area contributed by atoms with Crippen molar-refractivity contribution < 1.29 is 13.2 Å². The largest absolute Gasteiger partial charge is 0.492 e. The zero-order valence-corrected chi connectivity index (χ0v) is 19.9. The first-order valence-corrected chi connectivity index (χ1v) is 12.8. The maximum atomic E-state index is 12.3. The van der Waals surface area contributed by atoms with Gasteiger partial charge >= 0.3 is 0 Å². The highest BCUT2D eigenvalue weighted by molar-refractivity contribution is 7.89. The number of nitrogens with one attached hydrogen (secondary N) is 1. The maximum Gasteiger partial charge on any atom is 0.243 e. The van der Waals surface area contributed by atoms with Gasteiger partial charge in [0.25, 0.3) is 0 Å². The van der Waals surface area contributed by atoms with Gasteiger partial charge in [0.05, 0.1) is 11.9 Å². The topological polar surface area (TPSA) is 85.6 Å². The van der Waals surface area contributed by atoms with Crippen LogP contribution >= 0.6 is 11.6 Å². The zero-order chi connectivity index (χ0) is 23.1. The monoisotopic (exact) mass is 484 g/mol. The predicted octanol–water partition coefficient (Wildman–Crippen LogP) is 3.51. The van der Waals surface area contributed by atoms with E-state index in [4.69, 9.17) is 21.3 Å². The number of rotatable bonds is 8. The van der Waals surface area contributed by atoms with Crippen LogP contribution in [-0.4, -0.2) is 43.6 Å². The molecule has 2 aromatic carbocycles. The number of sulfonamides is 1. The molecule has 1 aromatic heterocycles. The number of aryl methyl sites for hydroxylation is 1. The van der Waals surface area contributed by atoms with Gasteiger partial charge in [-0.3, -0.25) is 9.67 Å². The molecule has 1 aliphatic carbocycles. The molecule has 5 rings (SSSR count). The van der Waals surface area contributed by atoms with E-state index in [0.717, 1.165) is 42.1 Å². The van der Waals surface area contributed by atoms with E-state index in [-0.39, 0.29) is 23.5 Å². The Kier molecular flexibility index (Phi) is 5.76. The van der Waals surface area contributed by atoms with E-state index in [1.165, 1.54) is 28.2 Å². The molecule has 172 valence electrons. The molecule has 1 saturated carbocycles. The summed E-state index contributed by atoms with van der Waals surface area (Å²) in [4.78, 5) is 5.07. The van der Waals surface area contributed by atoms with Gasteiger partial charge in [-0.15, -0.1) is 0 Å². The SMILES string of the molecule is Cn1cc(S(=O)(=O)NCCOc2ccc3c(c2)C(C2(c4ccc(Cl)cc4)CC2)=NCC3)cn1. The fourth-order valence-electron chi connectivity index (χ4n) is 4.39. The fourth-order valence-corrected chi connectivity index (χ4v) is 5.51. The standard InChI is InChI=1S/C24H25ClN4O3S/c1-29-16-21(15-27-29)33(30,31)28-12-13-32-20-7-2-17-8-11-26-23(22(17)14-20)24(9-10-24)18-3-5-19(25)6-4-18/h2-7,14-16,28H,8-13H2,1H3. The van der Waals surface area contributed by atoms with Crippen molar-refractivity contribution in [2.45, 2.75) is 29.6 Å². The number of hydrogen-bond donors (Lipinski definition) is 1. The van der Waals surface area contributed by atoms with Crippen molar-refractivity contribution in [1.82, 2.24) is 14.5 Å². The van der Waals surface area contributed by atoms with Crippen molar-refractivity contribution in [3.63, 3.8) is 0 Å². The normalized spacial score (nSPS) is 16.7. The van der Waals surface area contributed by atoms with Crippen LogP contribution in [0.15, 0.2) is 64.7 Å². The summed E-state index contributed by atoms with van der Waals surface area (Å²) in [6.07, 6.45) is 5.81. The summed E-state index contributed by atoms with van der Waals surface area (Å²) in [7, 11) is -1.93. The Balaban J connectivity index is 1.29. The van der Waals surface area contributed by atoms with Crippen LogP contribution in [0.25, 0.3) is 0 Å². The zero-order valence-electron chi connectivity index (χ0n) is 18.3. The fraction of sp³-hybridized carbons (Fsp3) is 0.333. The number of nitrogens with zero attached hydrogens (tertiary/aromatic N) is 3. The molecule has 33 heavy (non-hydrogen) atoms. The first kappa shape index (κ1) is 22.1. The van der Waals surface area contributed by atoms with Crippen molar-refractivity contribution in [2.75, 3.05) is 19.7 Å². The first-order chi connectivity index (χ1) is 15.9. The lowest BCUT2D eigenvalue weighted by Crippen LogP contribution is -2.28. The second kappa shape index (κ2) is 8.59. The van der Waals surface area contributed by atoms with Crippen molar-refractivity contribution in [2.24, 2.45) is 12.0 Å². The Morgan fingerprint density at radius 3 is 2.67 bits per heavy atom. The molecule has 0 spiro atoms. The molecule has 7 nitrogen and oxygen atoms in total. The van der Waals surface area contributed by atoms with Gasteiger partial charge in [-0.05, 0) is 54.7 Å². The van der Waals surface area contributed by atoms with Crippen LogP contribution in [0.5, 0.6) is 5.75 Å². The molecule has 9 heteroatoms. The first-order valence-electron chi connectivity index (χ1n) is 10.9. The Morgan fingerprint density at radius 2 is 1.97 bits per heavy atom. The van der Waals surface area contributed by atoms with Gasteiger partial charge in [-0.2, -0.15) is 5.10 Å². The number of fused-ring (bicyclic) bond motifs is 1. The second-order valence-electron chi connectivity index (χ2n) is 8.48. The second-order valence-corrected chi connectivity index (χ2v) is 10.7. The average molecular weight is 485 g/mol. The number of ether oxygens (including phenoxy) is 1. The van der Waals surface area contributed by atoms with Gasteiger partial charge in [-0.25, -0.2) is 13.1 Å². The van der Waals surface area contributed by atoms with E-state index >= 15 is 0 Å². The van der Waals surface area contributed by atoms with Gasteiger partial charge in [0.15, 0.2) is 0 Å². The number of benzene rings is 2. The molecule has 0 atom stereocenters. The van der Waals surface area contributed by atoms with Crippen molar-refractivity contribution in [1.29, 1.82) is 0 Å². The number of hydrogen-bond acceptors (Lipinski definition) is 5. The van der Waals surface area contributed by atoms with Gasteiger partial charge in [-0.1, -0.05) is 29.8 Å². The van der Waals surface area contributed by atoms with Crippen LogP contribution in [0.2, 0.25) is 5.02 Å². The van der Waals surface area contributed by atoms with Crippen LogP contribution in [0.1, 0.15) is 29.5 Å². The van der Waals surface area contributed by atoms with Crippen molar-refractivity contribution in [3.8, 4) is 5.75 Å². The summed E-state index contributed by atoms with van der Waals surface area (Å²) in [6, 6.07) is 14.2. The van der Waals surface area contributed by atoms with Crippen LogP contribution < -0.4 is 9.46 Å². The Labute approximate surface area is 198 Å². The average Bonchev–Trinajstić information content (AvgIpc) is 3.49. The highest BCUT2D eigenvalue weighted by Crippen LogP contribution is 2.52. The van der Waals surface area contributed by atoms with E-state index < -0.39 is 10.0 Å². The van der Waals surface area contributed by atoms with E-state index in [1.807, 2.05) is 24.3 Å². The number of aliphatic imine (C=N–C) groups is 1. The Bertz CT molecular complexity index is 1310. The molecule has 0 amide bonds. The summed E-state index contributed by atoms with van der Waals surface area (Å²) in [6.45, 7) is 1.16.